The quantitative estimate of drug-likeness (QED) is 0.393. The normalized spacial score (nSPS) is 13.9. The lowest BCUT2D eigenvalue weighted by molar-refractivity contribution is 0.286. The number of benzene rings is 2. The molecule has 0 saturated heterocycles. The Morgan fingerprint density at radius 1 is 0.677 bits per heavy atom. The van der Waals surface area contributed by atoms with E-state index in [1.807, 2.05) is 60.7 Å². The smallest absolute Gasteiger partial charge is 0.265 e. The lowest BCUT2D eigenvalue weighted by Crippen LogP contribution is -2.10. The van der Waals surface area contributed by atoms with Crippen LogP contribution in [0.4, 0.5) is 0 Å². The van der Waals surface area contributed by atoms with Crippen molar-refractivity contribution in [2.45, 2.75) is 26.7 Å². The van der Waals surface area contributed by atoms with Gasteiger partial charge >= 0.3 is 0 Å². The standard InChI is InChI=1S/C22H26O7S2/c1-17(19-9-5-3-6-10-19)21(13-15-30(23,24)25)29-22(14-16-31(26,27)28)18(2)20-11-7-4-8-12-20/h3-12H,13-16H2,1-2H3,(H,23,24,25)(H,26,27,28). The number of hydrogen-bond donors (Lipinski definition) is 2. The summed E-state index contributed by atoms with van der Waals surface area (Å²) in [5, 5.41) is 0. The molecule has 2 aromatic rings. The predicted molar refractivity (Wildman–Crippen MR) is 121 cm³/mol. The van der Waals surface area contributed by atoms with E-state index in [4.69, 9.17) is 4.74 Å². The summed E-state index contributed by atoms with van der Waals surface area (Å²) in [4.78, 5) is 0. The third-order valence-electron chi connectivity index (χ3n) is 4.67. The van der Waals surface area contributed by atoms with Crippen LogP contribution in [0.1, 0.15) is 37.8 Å². The van der Waals surface area contributed by atoms with Crippen LogP contribution in [0.25, 0.3) is 11.1 Å². The molecule has 0 fully saturated rings. The van der Waals surface area contributed by atoms with Gasteiger partial charge in [0.1, 0.15) is 11.5 Å². The van der Waals surface area contributed by atoms with Crippen LogP contribution >= 0.6 is 0 Å². The van der Waals surface area contributed by atoms with Crippen LogP contribution in [0.15, 0.2) is 72.2 Å². The summed E-state index contributed by atoms with van der Waals surface area (Å²) < 4.78 is 69.9. The number of allylic oxidation sites excluding steroid dienone is 4. The predicted octanol–water partition coefficient (Wildman–Crippen LogP) is 4.42. The summed E-state index contributed by atoms with van der Waals surface area (Å²) in [6, 6.07) is 18.3. The van der Waals surface area contributed by atoms with Crippen LogP contribution in [0.5, 0.6) is 0 Å². The first-order valence-electron chi connectivity index (χ1n) is 9.55. The van der Waals surface area contributed by atoms with E-state index in [2.05, 4.69) is 0 Å². The molecule has 2 N–H and O–H groups in total. The number of hydrogen-bond acceptors (Lipinski definition) is 5. The molecule has 9 heteroatoms. The van der Waals surface area contributed by atoms with E-state index in [0.29, 0.717) is 11.1 Å². The van der Waals surface area contributed by atoms with Crippen molar-refractivity contribution in [2.75, 3.05) is 11.5 Å². The van der Waals surface area contributed by atoms with Crippen molar-refractivity contribution in [3.63, 3.8) is 0 Å². The van der Waals surface area contributed by atoms with Gasteiger partial charge in [-0.25, -0.2) is 0 Å². The molecule has 168 valence electrons. The highest BCUT2D eigenvalue weighted by Gasteiger charge is 2.18. The molecule has 0 spiro atoms. The molecule has 7 nitrogen and oxygen atoms in total. The summed E-state index contributed by atoms with van der Waals surface area (Å²) in [6.07, 6.45) is -0.228. The van der Waals surface area contributed by atoms with E-state index in [0.717, 1.165) is 11.1 Å². The maximum absolute atomic E-state index is 11.3. The molecular weight excluding hydrogens is 440 g/mol. The fraction of sp³-hybridized carbons (Fsp3) is 0.273. The fourth-order valence-corrected chi connectivity index (χ4v) is 3.81. The van der Waals surface area contributed by atoms with Gasteiger partial charge in [-0.05, 0) is 36.1 Å². The topological polar surface area (TPSA) is 118 Å². The molecular formula is C22H26O7S2. The fourth-order valence-electron chi connectivity index (χ4n) is 2.92. The van der Waals surface area contributed by atoms with Crippen molar-refractivity contribution >= 4 is 31.4 Å². The van der Waals surface area contributed by atoms with Crippen LogP contribution in [-0.2, 0) is 25.0 Å². The summed E-state index contributed by atoms with van der Waals surface area (Å²) >= 11 is 0. The molecule has 0 aromatic heterocycles. The van der Waals surface area contributed by atoms with E-state index in [-0.39, 0.29) is 24.4 Å². The SMILES string of the molecule is CC(=C(CCS(=O)(=O)O)OC(CCS(=O)(=O)O)=C(C)c1ccccc1)c1ccccc1. The highest BCUT2D eigenvalue weighted by Crippen LogP contribution is 2.29. The lowest BCUT2D eigenvalue weighted by Gasteiger charge is -2.19. The van der Waals surface area contributed by atoms with Gasteiger partial charge in [-0.1, -0.05) is 60.7 Å². The monoisotopic (exact) mass is 466 g/mol. The van der Waals surface area contributed by atoms with Crippen LogP contribution < -0.4 is 0 Å². The second kappa shape index (κ2) is 10.7. The summed E-state index contributed by atoms with van der Waals surface area (Å²) in [7, 11) is -8.49. The summed E-state index contributed by atoms with van der Waals surface area (Å²) in [5.41, 5.74) is 2.88. The van der Waals surface area contributed by atoms with E-state index in [1.54, 1.807) is 13.8 Å². The van der Waals surface area contributed by atoms with E-state index >= 15 is 0 Å². The molecule has 0 bridgehead atoms. The minimum Gasteiger partial charge on any atom is -0.465 e. The zero-order chi connectivity index (χ0) is 23.1. The van der Waals surface area contributed by atoms with Crippen molar-refractivity contribution in [3.8, 4) is 0 Å². The molecule has 0 saturated carbocycles. The Kier molecular flexibility index (Phi) is 8.58. The van der Waals surface area contributed by atoms with E-state index < -0.39 is 31.7 Å². The van der Waals surface area contributed by atoms with E-state index in [9.17, 15) is 25.9 Å². The molecule has 2 rings (SSSR count). The highest BCUT2D eigenvalue weighted by atomic mass is 32.2. The van der Waals surface area contributed by atoms with Gasteiger partial charge in [0.15, 0.2) is 0 Å². The van der Waals surface area contributed by atoms with Gasteiger partial charge in [0.25, 0.3) is 20.2 Å². The maximum Gasteiger partial charge on any atom is 0.265 e. The van der Waals surface area contributed by atoms with Gasteiger partial charge in [-0.2, -0.15) is 16.8 Å². The summed E-state index contributed by atoms with van der Waals surface area (Å²) in [5.74, 6) is -0.542. The van der Waals surface area contributed by atoms with Crippen LogP contribution in [0, 0.1) is 0 Å². The van der Waals surface area contributed by atoms with Crippen LogP contribution in [-0.4, -0.2) is 37.4 Å². The average Bonchev–Trinajstić information content (AvgIpc) is 2.72. The molecule has 31 heavy (non-hydrogen) atoms. The second-order valence-electron chi connectivity index (χ2n) is 7.00. The second-order valence-corrected chi connectivity index (χ2v) is 10.1. The van der Waals surface area contributed by atoms with Crippen molar-refractivity contribution in [1.82, 2.24) is 0 Å². The van der Waals surface area contributed by atoms with Gasteiger partial charge in [0, 0.05) is 12.8 Å². The van der Waals surface area contributed by atoms with Crippen molar-refractivity contribution in [1.29, 1.82) is 0 Å². The number of ether oxygens (including phenoxy) is 1. The molecule has 0 amide bonds. The highest BCUT2D eigenvalue weighted by molar-refractivity contribution is 7.86. The first-order valence-corrected chi connectivity index (χ1v) is 12.8. The Morgan fingerprint density at radius 2 is 1.00 bits per heavy atom. The minimum absolute atomic E-state index is 0.114. The van der Waals surface area contributed by atoms with Crippen molar-refractivity contribution in [3.05, 3.63) is 83.3 Å². The largest absolute Gasteiger partial charge is 0.465 e. The first kappa shape index (κ1) is 24.8. The first-order chi connectivity index (χ1) is 14.5. The zero-order valence-corrected chi connectivity index (χ0v) is 19.0. The third-order valence-corrected chi connectivity index (χ3v) is 6.11. The Morgan fingerprint density at radius 3 is 1.29 bits per heavy atom. The van der Waals surface area contributed by atoms with Gasteiger partial charge in [-0.3, -0.25) is 9.11 Å². The average molecular weight is 467 g/mol. The van der Waals surface area contributed by atoms with Gasteiger partial charge < -0.3 is 4.74 Å². The molecule has 0 radical (unpaired) electrons. The van der Waals surface area contributed by atoms with Crippen LogP contribution in [0.3, 0.4) is 0 Å². The third kappa shape index (κ3) is 8.66. The maximum atomic E-state index is 11.3. The molecule has 0 aliphatic carbocycles. The Balaban J connectivity index is 2.53. The molecule has 0 heterocycles. The number of rotatable bonds is 10. The lowest BCUT2D eigenvalue weighted by atomic mass is 10.0. The zero-order valence-electron chi connectivity index (χ0n) is 17.4. The molecule has 0 aliphatic rings. The summed E-state index contributed by atoms with van der Waals surface area (Å²) in [6.45, 7) is 3.51. The van der Waals surface area contributed by atoms with Gasteiger partial charge in [0.2, 0.25) is 0 Å². The Labute approximate surface area is 183 Å². The Hall–Kier alpha value is -2.46. The molecule has 0 aliphatic heterocycles. The van der Waals surface area contributed by atoms with Crippen molar-refractivity contribution < 1.29 is 30.7 Å². The van der Waals surface area contributed by atoms with Gasteiger partial charge in [-0.15, -0.1) is 0 Å². The molecule has 0 atom stereocenters. The van der Waals surface area contributed by atoms with E-state index in [1.165, 1.54) is 0 Å². The minimum atomic E-state index is -4.24. The van der Waals surface area contributed by atoms with Gasteiger partial charge in [0.05, 0.1) is 11.5 Å². The van der Waals surface area contributed by atoms with Crippen molar-refractivity contribution in [2.24, 2.45) is 0 Å². The Bertz CT molecular complexity index is 1060. The molecule has 0 unspecified atom stereocenters. The molecule has 2 aromatic carbocycles. The van der Waals surface area contributed by atoms with Crippen LogP contribution in [0.2, 0.25) is 0 Å².